The summed E-state index contributed by atoms with van der Waals surface area (Å²) in [5.74, 6) is 0.653. The zero-order valence-electron chi connectivity index (χ0n) is 9.58. The second kappa shape index (κ2) is 4.37. The van der Waals surface area contributed by atoms with Crippen molar-refractivity contribution in [2.75, 3.05) is 20.1 Å². The number of aromatic nitrogens is 1. The molecule has 0 amide bonds. The highest BCUT2D eigenvalue weighted by atomic mass is 16.3. The van der Waals surface area contributed by atoms with E-state index in [1.165, 1.54) is 31.6 Å². The SMILES string of the molecule is Cc1[nH]c(C2CCN(C)CC2)cc1CO. The molecule has 0 radical (unpaired) electrons. The zero-order valence-corrected chi connectivity index (χ0v) is 9.58. The van der Waals surface area contributed by atoms with E-state index in [2.05, 4.69) is 23.0 Å². The molecule has 0 atom stereocenters. The van der Waals surface area contributed by atoms with E-state index < -0.39 is 0 Å². The van der Waals surface area contributed by atoms with E-state index in [0.29, 0.717) is 5.92 Å². The second-order valence-electron chi connectivity index (χ2n) is 4.61. The molecule has 3 heteroatoms. The van der Waals surface area contributed by atoms with E-state index >= 15 is 0 Å². The molecule has 2 heterocycles. The van der Waals surface area contributed by atoms with Crippen LogP contribution in [0, 0.1) is 6.92 Å². The van der Waals surface area contributed by atoms with Crippen LogP contribution in [0.2, 0.25) is 0 Å². The number of piperidine rings is 1. The third kappa shape index (κ3) is 2.24. The maximum absolute atomic E-state index is 9.14. The van der Waals surface area contributed by atoms with E-state index in [-0.39, 0.29) is 6.61 Å². The van der Waals surface area contributed by atoms with Crippen molar-refractivity contribution in [1.29, 1.82) is 0 Å². The number of aliphatic hydroxyl groups excluding tert-OH is 1. The first kappa shape index (κ1) is 10.7. The lowest BCUT2D eigenvalue weighted by Crippen LogP contribution is -2.29. The van der Waals surface area contributed by atoms with Crippen LogP contribution in [0.3, 0.4) is 0 Å². The van der Waals surface area contributed by atoms with Gasteiger partial charge in [0, 0.05) is 17.3 Å². The molecule has 15 heavy (non-hydrogen) atoms. The van der Waals surface area contributed by atoms with Crippen molar-refractivity contribution in [3.63, 3.8) is 0 Å². The summed E-state index contributed by atoms with van der Waals surface area (Å²) in [5, 5.41) is 9.14. The fraction of sp³-hybridized carbons (Fsp3) is 0.667. The van der Waals surface area contributed by atoms with Gasteiger partial charge in [0.05, 0.1) is 6.61 Å². The molecule has 1 aromatic heterocycles. The molecule has 1 fully saturated rings. The first-order chi connectivity index (χ1) is 7.20. The summed E-state index contributed by atoms with van der Waals surface area (Å²) >= 11 is 0. The summed E-state index contributed by atoms with van der Waals surface area (Å²) in [4.78, 5) is 5.78. The molecule has 84 valence electrons. The molecule has 0 spiro atoms. The molecule has 2 rings (SSSR count). The van der Waals surface area contributed by atoms with Crippen LogP contribution in [-0.4, -0.2) is 35.1 Å². The summed E-state index contributed by atoms with van der Waals surface area (Å²) in [6, 6.07) is 2.13. The van der Waals surface area contributed by atoms with Crippen molar-refractivity contribution in [1.82, 2.24) is 9.88 Å². The lowest BCUT2D eigenvalue weighted by molar-refractivity contribution is 0.253. The second-order valence-corrected chi connectivity index (χ2v) is 4.61. The van der Waals surface area contributed by atoms with Crippen LogP contribution in [0.15, 0.2) is 6.07 Å². The number of aliphatic hydroxyl groups is 1. The number of likely N-dealkylation sites (tertiary alicyclic amines) is 1. The predicted molar refractivity (Wildman–Crippen MR) is 60.9 cm³/mol. The van der Waals surface area contributed by atoms with Gasteiger partial charge in [0.2, 0.25) is 0 Å². The van der Waals surface area contributed by atoms with Gasteiger partial charge in [-0.1, -0.05) is 0 Å². The Morgan fingerprint density at radius 2 is 2.13 bits per heavy atom. The molecule has 3 nitrogen and oxygen atoms in total. The Balaban J connectivity index is 2.09. The van der Waals surface area contributed by atoms with Crippen LogP contribution in [0.1, 0.15) is 35.7 Å². The van der Waals surface area contributed by atoms with Gasteiger partial charge in [-0.25, -0.2) is 0 Å². The van der Waals surface area contributed by atoms with Gasteiger partial charge in [-0.15, -0.1) is 0 Å². The molecular formula is C12H20N2O. The van der Waals surface area contributed by atoms with Crippen LogP contribution >= 0.6 is 0 Å². The van der Waals surface area contributed by atoms with Crippen molar-refractivity contribution in [2.24, 2.45) is 0 Å². The molecule has 1 aliphatic heterocycles. The van der Waals surface area contributed by atoms with Gasteiger partial charge in [0.15, 0.2) is 0 Å². The first-order valence-electron chi connectivity index (χ1n) is 5.68. The Morgan fingerprint density at radius 1 is 1.47 bits per heavy atom. The average Bonchev–Trinajstić information content (AvgIpc) is 2.61. The fourth-order valence-corrected chi connectivity index (χ4v) is 2.33. The molecule has 2 N–H and O–H groups in total. The van der Waals surface area contributed by atoms with E-state index in [0.717, 1.165) is 11.3 Å². The Bertz CT molecular complexity index is 324. The first-order valence-corrected chi connectivity index (χ1v) is 5.68. The predicted octanol–water partition coefficient (Wildman–Crippen LogP) is 1.62. The quantitative estimate of drug-likeness (QED) is 0.775. The van der Waals surface area contributed by atoms with Crippen LogP contribution < -0.4 is 0 Å². The summed E-state index contributed by atoms with van der Waals surface area (Å²) in [6.07, 6.45) is 2.45. The summed E-state index contributed by atoms with van der Waals surface area (Å²) in [6.45, 7) is 4.54. The molecule has 1 aromatic rings. The Hall–Kier alpha value is -0.800. The number of aryl methyl sites for hydroxylation is 1. The van der Waals surface area contributed by atoms with Gasteiger partial charge < -0.3 is 15.0 Å². The van der Waals surface area contributed by atoms with Gasteiger partial charge in [0.1, 0.15) is 0 Å². The van der Waals surface area contributed by atoms with E-state index in [1.54, 1.807) is 0 Å². The summed E-state index contributed by atoms with van der Waals surface area (Å²) in [7, 11) is 2.18. The number of nitrogens with zero attached hydrogens (tertiary/aromatic N) is 1. The molecule has 1 aliphatic rings. The summed E-state index contributed by atoms with van der Waals surface area (Å²) < 4.78 is 0. The van der Waals surface area contributed by atoms with Crippen molar-refractivity contribution in [3.05, 3.63) is 23.0 Å². The number of hydrogen-bond donors (Lipinski definition) is 2. The summed E-state index contributed by atoms with van der Waals surface area (Å²) in [5.41, 5.74) is 3.47. The normalized spacial score (nSPS) is 19.7. The minimum absolute atomic E-state index is 0.148. The standard InChI is InChI=1S/C12H20N2O/c1-9-11(8-15)7-12(13-9)10-3-5-14(2)6-4-10/h7,10,13,15H,3-6,8H2,1-2H3. The van der Waals surface area contributed by atoms with Crippen LogP contribution in [-0.2, 0) is 6.61 Å². The molecule has 0 saturated carbocycles. The lowest BCUT2D eigenvalue weighted by Gasteiger charge is -2.28. The minimum Gasteiger partial charge on any atom is -0.392 e. The highest BCUT2D eigenvalue weighted by molar-refractivity contribution is 5.26. The van der Waals surface area contributed by atoms with Crippen LogP contribution in [0.4, 0.5) is 0 Å². The van der Waals surface area contributed by atoms with Crippen molar-refractivity contribution < 1.29 is 5.11 Å². The maximum Gasteiger partial charge on any atom is 0.0699 e. The Labute approximate surface area is 91.1 Å². The maximum atomic E-state index is 9.14. The molecule has 1 saturated heterocycles. The smallest absolute Gasteiger partial charge is 0.0699 e. The number of rotatable bonds is 2. The third-order valence-electron chi connectivity index (χ3n) is 3.47. The minimum atomic E-state index is 0.148. The number of hydrogen-bond acceptors (Lipinski definition) is 2. The van der Waals surface area contributed by atoms with Crippen molar-refractivity contribution in [2.45, 2.75) is 32.3 Å². The largest absolute Gasteiger partial charge is 0.392 e. The molecule has 0 aromatic carbocycles. The average molecular weight is 208 g/mol. The monoisotopic (exact) mass is 208 g/mol. The molecule has 0 unspecified atom stereocenters. The van der Waals surface area contributed by atoms with E-state index in [9.17, 15) is 0 Å². The topological polar surface area (TPSA) is 39.3 Å². The van der Waals surface area contributed by atoms with E-state index in [1.807, 2.05) is 6.92 Å². The van der Waals surface area contributed by atoms with E-state index in [4.69, 9.17) is 5.11 Å². The Kier molecular flexibility index (Phi) is 3.12. The van der Waals surface area contributed by atoms with Crippen LogP contribution in [0.25, 0.3) is 0 Å². The number of nitrogens with one attached hydrogen (secondary N) is 1. The lowest BCUT2D eigenvalue weighted by atomic mass is 9.94. The number of aromatic amines is 1. The van der Waals surface area contributed by atoms with Gasteiger partial charge in [-0.3, -0.25) is 0 Å². The van der Waals surface area contributed by atoms with Gasteiger partial charge in [-0.05, 0) is 51.5 Å². The van der Waals surface area contributed by atoms with Gasteiger partial charge >= 0.3 is 0 Å². The van der Waals surface area contributed by atoms with Gasteiger partial charge in [-0.2, -0.15) is 0 Å². The molecule has 0 bridgehead atoms. The molecule has 0 aliphatic carbocycles. The highest BCUT2D eigenvalue weighted by Crippen LogP contribution is 2.28. The van der Waals surface area contributed by atoms with Gasteiger partial charge in [0.25, 0.3) is 0 Å². The Morgan fingerprint density at radius 3 is 2.67 bits per heavy atom. The van der Waals surface area contributed by atoms with Crippen LogP contribution in [0.5, 0.6) is 0 Å². The highest BCUT2D eigenvalue weighted by Gasteiger charge is 2.20. The zero-order chi connectivity index (χ0) is 10.8. The number of H-pyrrole nitrogens is 1. The third-order valence-corrected chi connectivity index (χ3v) is 3.47. The van der Waals surface area contributed by atoms with Crippen molar-refractivity contribution in [3.8, 4) is 0 Å². The fourth-order valence-electron chi connectivity index (χ4n) is 2.33. The molecular weight excluding hydrogens is 188 g/mol. The van der Waals surface area contributed by atoms with Crippen molar-refractivity contribution >= 4 is 0 Å².